The van der Waals surface area contributed by atoms with Crippen molar-refractivity contribution in [2.45, 2.75) is 43.6 Å². The van der Waals surface area contributed by atoms with Gasteiger partial charge in [0.05, 0.1) is 11.6 Å². The number of hydrogen-bond acceptors (Lipinski definition) is 3. The average molecular weight is 448 g/mol. The number of aromatic nitrogens is 3. The molecule has 0 fully saturated rings. The Bertz CT molecular complexity index is 1150. The van der Waals surface area contributed by atoms with Gasteiger partial charge in [0.1, 0.15) is 0 Å². The first-order chi connectivity index (χ1) is 14.9. The summed E-state index contributed by atoms with van der Waals surface area (Å²) in [5, 5.41) is 10.6. The predicted octanol–water partition coefficient (Wildman–Crippen LogP) is 7.24. The summed E-state index contributed by atoms with van der Waals surface area (Å²) in [5.74, 6) is 1.62. The Kier molecular flexibility index (Phi) is 6.49. The molecular weight excluding hydrogens is 422 g/mol. The highest BCUT2D eigenvalue weighted by Crippen LogP contribution is 2.31. The lowest BCUT2D eigenvalue weighted by molar-refractivity contribution is 0.590. The third-order valence-corrected chi connectivity index (χ3v) is 6.57. The molecule has 1 heterocycles. The van der Waals surface area contributed by atoms with Gasteiger partial charge in [-0.1, -0.05) is 111 Å². The molecule has 0 bridgehead atoms. The summed E-state index contributed by atoms with van der Waals surface area (Å²) < 4.78 is 2.16. The van der Waals surface area contributed by atoms with Crippen LogP contribution in [0.3, 0.4) is 0 Å². The normalized spacial score (nSPS) is 11.6. The third kappa shape index (κ3) is 5.20. The maximum absolute atomic E-state index is 6.48. The second-order valence-electron chi connectivity index (χ2n) is 8.59. The fourth-order valence-corrected chi connectivity index (χ4v) is 4.51. The summed E-state index contributed by atoms with van der Waals surface area (Å²) in [6.45, 7) is 7.40. The van der Waals surface area contributed by atoms with Crippen molar-refractivity contribution in [1.82, 2.24) is 14.8 Å². The predicted molar refractivity (Wildman–Crippen MR) is 131 cm³/mol. The maximum atomic E-state index is 6.48. The van der Waals surface area contributed by atoms with E-state index in [9.17, 15) is 0 Å². The van der Waals surface area contributed by atoms with Gasteiger partial charge in [0, 0.05) is 11.3 Å². The maximum Gasteiger partial charge on any atom is 0.192 e. The summed E-state index contributed by atoms with van der Waals surface area (Å²) in [6, 6.07) is 27.0. The summed E-state index contributed by atoms with van der Waals surface area (Å²) >= 11 is 8.18. The van der Waals surface area contributed by atoms with Gasteiger partial charge in [-0.2, -0.15) is 0 Å². The van der Waals surface area contributed by atoms with E-state index in [-0.39, 0.29) is 5.41 Å². The number of halogens is 1. The summed E-state index contributed by atoms with van der Waals surface area (Å²) in [5.41, 5.74) is 4.87. The van der Waals surface area contributed by atoms with E-state index < -0.39 is 0 Å². The monoisotopic (exact) mass is 447 g/mol. The van der Waals surface area contributed by atoms with Crippen molar-refractivity contribution in [3.63, 3.8) is 0 Å². The van der Waals surface area contributed by atoms with Crippen molar-refractivity contribution in [3.8, 4) is 11.4 Å². The summed E-state index contributed by atoms with van der Waals surface area (Å²) in [4.78, 5) is 0. The number of nitrogens with zero attached hydrogens (tertiary/aromatic N) is 3. The van der Waals surface area contributed by atoms with E-state index in [2.05, 4.69) is 84.1 Å². The molecule has 0 atom stereocenters. The Hall–Kier alpha value is -2.56. The standard InChI is InChI=1S/C26H26ClN3S/c1-26(2,3)21-15-13-20(14-16-21)18-31-25-29-28-24(22-11-7-8-12-23(22)27)30(25)17-19-9-5-4-6-10-19/h4-16H,17-18H2,1-3H3. The first-order valence-electron chi connectivity index (χ1n) is 10.4. The molecule has 0 aliphatic heterocycles. The van der Waals surface area contributed by atoms with Gasteiger partial charge < -0.3 is 0 Å². The Morgan fingerprint density at radius 1 is 0.806 bits per heavy atom. The van der Waals surface area contributed by atoms with Crippen LogP contribution in [0.4, 0.5) is 0 Å². The Morgan fingerprint density at radius 3 is 2.16 bits per heavy atom. The lowest BCUT2D eigenvalue weighted by atomic mass is 9.87. The summed E-state index contributed by atoms with van der Waals surface area (Å²) in [7, 11) is 0. The molecule has 1 aromatic heterocycles. The van der Waals surface area contributed by atoms with Crippen molar-refractivity contribution in [2.24, 2.45) is 0 Å². The second kappa shape index (κ2) is 9.29. The van der Waals surface area contributed by atoms with Crippen LogP contribution in [-0.4, -0.2) is 14.8 Å². The zero-order valence-electron chi connectivity index (χ0n) is 18.0. The van der Waals surface area contributed by atoms with Crippen molar-refractivity contribution in [2.75, 3.05) is 0 Å². The van der Waals surface area contributed by atoms with Crippen LogP contribution >= 0.6 is 23.4 Å². The topological polar surface area (TPSA) is 30.7 Å². The molecule has 0 saturated carbocycles. The number of benzene rings is 3. The molecule has 0 aliphatic rings. The van der Waals surface area contributed by atoms with Crippen LogP contribution in [0.1, 0.15) is 37.5 Å². The molecule has 0 amide bonds. The molecular formula is C26H26ClN3S. The zero-order valence-corrected chi connectivity index (χ0v) is 19.6. The first kappa shape index (κ1) is 21.7. The fraction of sp³-hybridized carbons (Fsp3) is 0.231. The van der Waals surface area contributed by atoms with E-state index in [0.717, 1.165) is 22.3 Å². The first-order valence-corrected chi connectivity index (χ1v) is 11.7. The lowest BCUT2D eigenvalue weighted by Gasteiger charge is -2.19. The number of rotatable bonds is 6. The SMILES string of the molecule is CC(C)(C)c1ccc(CSc2nnc(-c3ccccc3Cl)n2Cc2ccccc2)cc1. The van der Waals surface area contributed by atoms with Gasteiger partial charge in [-0.15, -0.1) is 10.2 Å². The van der Waals surface area contributed by atoms with Crippen LogP contribution in [0.15, 0.2) is 84.0 Å². The van der Waals surface area contributed by atoms with Crippen molar-refractivity contribution < 1.29 is 0 Å². The zero-order chi connectivity index (χ0) is 21.8. The Balaban J connectivity index is 1.62. The molecule has 3 nitrogen and oxygen atoms in total. The van der Waals surface area contributed by atoms with Gasteiger partial charge in [-0.3, -0.25) is 4.57 Å². The quantitative estimate of drug-likeness (QED) is 0.292. The highest BCUT2D eigenvalue weighted by Gasteiger charge is 2.17. The van der Waals surface area contributed by atoms with Crippen LogP contribution in [0, 0.1) is 0 Å². The largest absolute Gasteiger partial charge is 0.297 e. The minimum absolute atomic E-state index is 0.158. The number of hydrogen-bond donors (Lipinski definition) is 0. The lowest BCUT2D eigenvalue weighted by Crippen LogP contribution is -2.10. The van der Waals surface area contributed by atoms with Crippen LogP contribution < -0.4 is 0 Å². The molecule has 0 radical (unpaired) electrons. The molecule has 31 heavy (non-hydrogen) atoms. The van der Waals surface area contributed by atoms with E-state index in [0.29, 0.717) is 11.6 Å². The number of thioether (sulfide) groups is 1. The fourth-order valence-electron chi connectivity index (χ4n) is 3.39. The molecule has 0 N–H and O–H groups in total. The molecule has 0 aliphatic carbocycles. The van der Waals surface area contributed by atoms with E-state index in [1.165, 1.54) is 16.7 Å². The minimum atomic E-state index is 0.158. The van der Waals surface area contributed by atoms with Crippen LogP contribution in [0.5, 0.6) is 0 Å². The van der Waals surface area contributed by atoms with Crippen molar-refractivity contribution in [3.05, 3.63) is 101 Å². The molecule has 0 unspecified atom stereocenters. The molecule has 4 rings (SSSR count). The van der Waals surface area contributed by atoms with Crippen LogP contribution in [-0.2, 0) is 17.7 Å². The minimum Gasteiger partial charge on any atom is -0.297 e. The van der Waals surface area contributed by atoms with Gasteiger partial charge in [0.15, 0.2) is 11.0 Å². The smallest absolute Gasteiger partial charge is 0.192 e. The van der Waals surface area contributed by atoms with Gasteiger partial charge in [0.2, 0.25) is 0 Å². The highest BCUT2D eigenvalue weighted by molar-refractivity contribution is 7.98. The molecule has 158 valence electrons. The van der Waals surface area contributed by atoms with Crippen molar-refractivity contribution in [1.29, 1.82) is 0 Å². The molecule has 0 spiro atoms. The van der Waals surface area contributed by atoms with Crippen LogP contribution in [0.2, 0.25) is 5.02 Å². The van der Waals surface area contributed by atoms with Crippen LogP contribution in [0.25, 0.3) is 11.4 Å². The van der Waals surface area contributed by atoms with Gasteiger partial charge in [-0.05, 0) is 34.2 Å². The van der Waals surface area contributed by atoms with Gasteiger partial charge in [-0.25, -0.2) is 0 Å². The van der Waals surface area contributed by atoms with E-state index in [4.69, 9.17) is 11.6 Å². The molecule has 5 heteroatoms. The molecule has 3 aromatic carbocycles. The van der Waals surface area contributed by atoms with E-state index in [1.807, 2.05) is 30.3 Å². The Morgan fingerprint density at radius 2 is 1.48 bits per heavy atom. The van der Waals surface area contributed by atoms with Gasteiger partial charge in [0.25, 0.3) is 0 Å². The summed E-state index contributed by atoms with van der Waals surface area (Å²) in [6.07, 6.45) is 0. The van der Waals surface area contributed by atoms with Gasteiger partial charge >= 0.3 is 0 Å². The Labute approximate surface area is 193 Å². The third-order valence-electron chi connectivity index (χ3n) is 5.20. The van der Waals surface area contributed by atoms with E-state index in [1.54, 1.807) is 11.8 Å². The highest BCUT2D eigenvalue weighted by atomic mass is 35.5. The van der Waals surface area contributed by atoms with Crippen molar-refractivity contribution >= 4 is 23.4 Å². The van der Waals surface area contributed by atoms with E-state index >= 15 is 0 Å². The average Bonchev–Trinajstić information content (AvgIpc) is 3.15. The second-order valence-corrected chi connectivity index (χ2v) is 9.94. The molecule has 4 aromatic rings. The molecule has 0 saturated heterocycles.